The van der Waals surface area contributed by atoms with Crippen LogP contribution < -0.4 is 10.6 Å². The van der Waals surface area contributed by atoms with Crippen LogP contribution in [-0.2, 0) is 6.18 Å². The number of nitrogens with two attached hydrogens (primary N) is 1. The number of alkyl halides is 3. The van der Waals surface area contributed by atoms with Crippen molar-refractivity contribution in [3.63, 3.8) is 0 Å². The molecule has 1 saturated heterocycles. The molecular formula is C24H24F3N7O4. The molecule has 38 heavy (non-hydrogen) atoms. The van der Waals surface area contributed by atoms with E-state index >= 15 is 0 Å². The Labute approximate surface area is 215 Å². The Morgan fingerprint density at radius 2 is 1.58 bits per heavy atom. The number of hydrogen-bond acceptors (Lipinski definition) is 8. The maximum absolute atomic E-state index is 13.1. The van der Waals surface area contributed by atoms with E-state index in [4.69, 9.17) is 5.73 Å². The summed E-state index contributed by atoms with van der Waals surface area (Å²) in [5.74, 6) is -2.43. The van der Waals surface area contributed by atoms with Gasteiger partial charge in [0.15, 0.2) is 5.69 Å². The van der Waals surface area contributed by atoms with E-state index in [0.29, 0.717) is 5.69 Å². The molecule has 2 amide bonds. The average molecular weight is 531 g/mol. The predicted octanol–water partition coefficient (Wildman–Crippen LogP) is 2.35. The van der Waals surface area contributed by atoms with Gasteiger partial charge in [-0.25, -0.2) is 14.8 Å². The lowest BCUT2D eigenvalue weighted by Crippen LogP contribution is -2.49. The maximum Gasteiger partial charge on any atom is 0.417 e. The first-order chi connectivity index (χ1) is 17.9. The third-order valence-electron chi connectivity index (χ3n) is 5.48. The van der Waals surface area contributed by atoms with Crippen molar-refractivity contribution in [2.24, 2.45) is 5.73 Å². The zero-order valence-corrected chi connectivity index (χ0v) is 20.4. The minimum atomic E-state index is -4.62. The second-order valence-electron chi connectivity index (χ2n) is 8.23. The molecule has 3 heterocycles. The number of hydrogen-bond donors (Lipinski definition) is 2. The van der Waals surface area contributed by atoms with Crippen LogP contribution in [0.25, 0.3) is 0 Å². The van der Waals surface area contributed by atoms with Crippen LogP contribution in [0.15, 0.2) is 42.6 Å². The SMILES string of the molecule is Cc1cc(C)nc(C(N)=O)n1.O=C(O)c1nnccc1N1CCN(C(=O)c2ccccc2C(F)(F)F)CC1. The number of carboxylic acids is 1. The number of carbonyl (C=O) groups excluding carboxylic acids is 2. The number of aromatic carboxylic acids is 1. The van der Waals surface area contributed by atoms with Crippen LogP contribution in [-0.4, -0.2) is 74.1 Å². The van der Waals surface area contributed by atoms with E-state index in [9.17, 15) is 32.7 Å². The summed E-state index contributed by atoms with van der Waals surface area (Å²) < 4.78 is 39.4. The number of amides is 2. The number of halogens is 3. The summed E-state index contributed by atoms with van der Waals surface area (Å²) in [5.41, 5.74) is 5.29. The predicted molar refractivity (Wildman–Crippen MR) is 129 cm³/mol. The standard InChI is InChI=1S/C17H15F3N4O3.C7H9N3O/c18-17(19,20)12-4-2-1-3-11(12)15(25)24-9-7-23(8-10-24)13-5-6-21-22-14(13)16(26)27;1-4-3-5(2)10-7(9-4)6(8)11/h1-6H,7-10H2,(H,26,27);3H,1-2H3,(H2,8,11). The van der Waals surface area contributed by atoms with E-state index in [0.717, 1.165) is 23.5 Å². The molecule has 0 spiro atoms. The molecule has 0 unspecified atom stereocenters. The van der Waals surface area contributed by atoms with Crippen molar-refractivity contribution in [3.8, 4) is 0 Å². The summed E-state index contributed by atoms with van der Waals surface area (Å²) in [6.07, 6.45) is -3.26. The van der Waals surface area contributed by atoms with Crippen LogP contribution in [0.3, 0.4) is 0 Å². The van der Waals surface area contributed by atoms with E-state index < -0.39 is 35.1 Å². The fourth-order valence-electron chi connectivity index (χ4n) is 3.81. The van der Waals surface area contributed by atoms with Crippen LogP contribution in [0.5, 0.6) is 0 Å². The van der Waals surface area contributed by atoms with Crippen molar-refractivity contribution in [2.45, 2.75) is 20.0 Å². The van der Waals surface area contributed by atoms with Crippen LogP contribution in [0.1, 0.15) is 48.4 Å². The van der Waals surface area contributed by atoms with Gasteiger partial charge in [0, 0.05) is 37.6 Å². The number of nitrogens with zero attached hydrogens (tertiary/aromatic N) is 6. The summed E-state index contributed by atoms with van der Waals surface area (Å²) in [7, 11) is 0. The minimum absolute atomic E-state index is 0.0856. The first-order valence-corrected chi connectivity index (χ1v) is 11.3. The second-order valence-corrected chi connectivity index (χ2v) is 8.23. The fraction of sp³-hybridized carbons (Fsp3) is 0.292. The van der Waals surface area contributed by atoms with Gasteiger partial charge < -0.3 is 20.6 Å². The molecular weight excluding hydrogens is 507 g/mol. The van der Waals surface area contributed by atoms with Crippen molar-refractivity contribution in [1.29, 1.82) is 0 Å². The fourth-order valence-corrected chi connectivity index (χ4v) is 3.81. The molecule has 1 aromatic carbocycles. The second kappa shape index (κ2) is 11.6. The van der Waals surface area contributed by atoms with Gasteiger partial charge in [-0.2, -0.15) is 18.3 Å². The van der Waals surface area contributed by atoms with E-state index in [2.05, 4.69) is 20.2 Å². The summed E-state index contributed by atoms with van der Waals surface area (Å²) in [4.78, 5) is 45.2. The number of primary amides is 1. The summed E-state index contributed by atoms with van der Waals surface area (Å²) in [5, 5.41) is 16.3. The molecule has 200 valence electrons. The number of benzene rings is 1. The Kier molecular flexibility index (Phi) is 8.55. The number of carbonyl (C=O) groups is 3. The molecule has 1 aliphatic rings. The van der Waals surface area contributed by atoms with Gasteiger partial charge in [-0.15, -0.1) is 5.10 Å². The Balaban J connectivity index is 0.000000304. The Hall–Kier alpha value is -4.62. The van der Waals surface area contributed by atoms with Crippen LogP contribution in [0, 0.1) is 13.8 Å². The molecule has 0 saturated carbocycles. The maximum atomic E-state index is 13.1. The van der Waals surface area contributed by atoms with Crippen molar-refractivity contribution in [1.82, 2.24) is 25.1 Å². The molecule has 14 heteroatoms. The quantitative estimate of drug-likeness (QED) is 0.516. The molecule has 1 aliphatic heterocycles. The molecule has 4 rings (SSSR count). The lowest BCUT2D eigenvalue weighted by molar-refractivity contribution is -0.138. The molecule has 2 aromatic heterocycles. The van der Waals surface area contributed by atoms with Gasteiger partial charge in [0.1, 0.15) is 0 Å². The normalized spacial score (nSPS) is 13.4. The number of aromatic nitrogens is 4. The van der Waals surface area contributed by atoms with Crippen LogP contribution in [0.4, 0.5) is 18.9 Å². The van der Waals surface area contributed by atoms with Gasteiger partial charge in [-0.1, -0.05) is 12.1 Å². The summed E-state index contributed by atoms with van der Waals surface area (Å²) in [6.45, 7) is 4.44. The third-order valence-corrected chi connectivity index (χ3v) is 5.48. The highest BCUT2D eigenvalue weighted by Crippen LogP contribution is 2.32. The van der Waals surface area contributed by atoms with Crippen molar-refractivity contribution in [3.05, 3.63) is 76.6 Å². The molecule has 0 aliphatic carbocycles. The van der Waals surface area contributed by atoms with Crippen molar-refractivity contribution >= 4 is 23.5 Å². The monoisotopic (exact) mass is 531 g/mol. The van der Waals surface area contributed by atoms with Crippen molar-refractivity contribution in [2.75, 3.05) is 31.1 Å². The first kappa shape index (κ1) is 28.0. The highest BCUT2D eigenvalue weighted by Gasteiger charge is 2.36. The van der Waals surface area contributed by atoms with Crippen LogP contribution in [0.2, 0.25) is 0 Å². The van der Waals surface area contributed by atoms with Gasteiger partial charge in [0.2, 0.25) is 5.82 Å². The average Bonchev–Trinajstić information content (AvgIpc) is 2.87. The van der Waals surface area contributed by atoms with Gasteiger partial charge in [-0.05, 0) is 38.1 Å². The molecule has 0 atom stereocenters. The van der Waals surface area contributed by atoms with Gasteiger partial charge in [-0.3, -0.25) is 9.59 Å². The topological polar surface area (TPSA) is 156 Å². The van der Waals surface area contributed by atoms with Crippen molar-refractivity contribution < 1.29 is 32.7 Å². The molecule has 0 radical (unpaired) electrons. The Bertz CT molecular complexity index is 1320. The number of rotatable bonds is 4. The van der Waals surface area contributed by atoms with Gasteiger partial charge in [0.25, 0.3) is 11.8 Å². The number of carboxylic acid groups (broad SMARTS) is 1. The number of piperazine rings is 1. The lowest BCUT2D eigenvalue weighted by atomic mass is 10.1. The van der Waals surface area contributed by atoms with E-state index in [1.54, 1.807) is 24.8 Å². The third kappa shape index (κ3) is 6.78. The van der Waals surface area contributed by atoms with E-state index in [-0.39, 0.29) is 37.7 Å². The summed E-state index contributed by atoms with van der Waals surface area (Å²) >= 11 is 0. The van der Waals surface area contributed by atoms with Gasteiger partial charge >= 0.3 is 12.1 Å². The molecule has 3 N–H and O–H groups in total. The smallest absolute Gasteiger partial charge is 0.417 e. The zero-order chi connectivity index (χ0) is 28.0. The first-order valence-electron chi connectivity index (χ1n) is 11.3. The molecule has 11 nitrogen and oxygen atoms in total. The lowest BCUT2D eigenvalue weighted by Gasteiger charge is -2.36. The zero-order valence-electron chi connectivity index (χ0n) is 20.4. The minimum Gasteiger partial charge on any atom is -0.476 e. The Morgan fingerprint density at radius 3 is 2.13 bits per heavy atom. The Morgan fingerprint density at radius 1 is 0.974 bits per heavy atom. The molecule has 0 bridgehead atoms. The summed E-state index contributed by atoms with van der Waals surface area (Å²) in [6, 6.07) is 7.96. The number of aryl methyl sites for hydroxylation is 2. The number of anilines is 1. The highest BCUT2D eigenvalue weighted by molar-refractivity contribution is 5.96. The van der Waals surface area contributed by atoms with E-state index in [1.165, 1.54) is 29.3 Å². The van der Waals surface area contributed by atoms with Gasteiger partial charge in [0.05, 0.1) is 23.0 Å². The molecule has 1 fully saturated rings. The van der Waals surface area contributed by atoms with Crippen LogP contribution >= 0.6 is 0 Å². The largest absolute Gasteiger partial charge is 0.476 e. The molecule has 3 aromatic rings. The van der Waals surface area contributed by atoms with E-state index in [1.807, 2.05) is 0 Å². The highest BCUT2D eigenvalue weighted by atomic mass is 19.4.